The molecule has 2 N–H and O–H groups in total. The first-order valence-electron chi connectivity index (χ1n) is 7.19. The molecule has 1 aromatic heterocycles. The maximum atomic E-state index is 12.3. The summed E-state index contributed by atoms with van der Waals surface area (Å²) in [5, 5.41) is 2.06. The van der Waals surface area contributed by atoms with E-state index in [-0.39, 0.29) is 23.8 Å². The molecular weight excluding hydrogens is 272 g/mol. The Morgan fingerprint density at radius 1 is 1.45 bits per heavy atom. The summed E-state index contributed by atoms with van der Waals surface area (Å²) in [4.78, 5) is 26.7. The molecule has 1 fully saturated rings. The fourth-order valence-electron chi connectivity index (χ4n) is 2.70. The minimum atomic E-state index is -0.284. The SMILES string of the molecule is C[C@@H]1CC[C@@H](C(N)=O)CN1C(=O)CCCc1cccs1. The topological polar surface area (TPSA) is 63.4 Å². The summed E-state index contributed by atoms with van der Waals surface area (Å²) in [5.74, 6) is -0.305. The van der Waals surface area contributed by atoms with Crippen LogP contribution in [0.25, 0.3) is 0 Å². The van der Waals surface area contributed by atoms with Crippen LogP contribution in [0.4, 0.5) is 0 Å². The van der Waals surface area contributed by atoms with Crippen molar-refractivity contribution in [3.63, 3.8) is 0 Å². The van der Waals surface area contributed by atoms with E-state index in [4.69, 9.17) is 5.73 Å². The number of carbonyl (C=O) groups excluding carboxylic acids is 2. The summed E-state index contributed by atoms with van der Waals surface area (Å²) < 4.78 is 0. The second-order valence-corrected chi connectivity index (χ2v) is 6.54. The maximum Gasteiger partial charge on any atom is 0.222 e. The largest absolute Gasteiger partial charge is 0.369 e. The monoisotopic (exact) mass is 294 g/mol. The van der Waals surface area contributed by atoms with Gasteiger partial charge in [0.1, 0.15) is 0 Å². The lowest BCUT2D eigenvalue weighted by Crippen LogP contribution is -2.48. The molecule has 4 nitrogen and oxygen atoms in total. The molecule has 2 rings (SSSR count). The predicted molar refractivity (Wildman–Crippen MR) is 80.4 cm³/mol. The zero-order valence-corrected chi connectivity index (χ0v) is 12.7. The lowest BCUT2D eigenvalue weighted by Gasteiger charge is -2.37. The number of thiophene rings is 1. The Balaban J connectivity index is 1.82. The van der Waals surface area contributed by atoms with Crippen molar-refractivity contribution in [3.8, 4) is 0 Å². The van der Waals surface area contributed by atoms with Crippen molar-refractivity contribution in [1.82, 2.24) is 4.90 Å². The third kappa shape index (κ3) is 3.82. The number of hydrogen-bond acceptors (Lipinski definition) is 3. The van der Waals surface area contributed by atoms with Crippen LogP contribution in [-0.4, -0.2) is 29.3 Å². The zero-order chi connectivity index (χ0) is 14.5. The average Bonchev–Trinajstić information content (AvgIpc) is 2.92. The molecule has 1 aliphatic rings. The number of carbonyl (C=O) groups is 2. The maximum absolute atomic E-state index is 12.3. The first-order valence-corrected chi connectivity index (χ1v) is 8.07. The van der Waals surface area contributed by atoms with E-state index in [9.17, 15) is 9.59 Å². The highest BCUT2D eigenvalue weighted by molar-refractivity contribution is 7.09. The van der Waals surface area contributed by atoms with E-state index in [2.05, 4.69) is 11.4 Å². The smallest absolute Gasteiger partial charge is 0.222 e. The van der Waals surface area contributed by atoms with Crippen LogP contribution in [0.3, 0.4) is 0 Å². The van der Waals surface area contributed by atoms with Gasteiger partial charge in [0.25, 0.3) is 0 Å². The highest BCUT2D eigenvalue weighted by Gasteiger charge is 2.31. The summed E-state index contributed by atoms with van der Waals surface area (Å²) in [5.41, 5.74) is 5.36. The highest BCUT2D eigenvalue weighted by atomic mass is 32.1. The summed E-state index contributed by atoms with van der Waals surface area (Å²) >= 11 is 1.73. The molecule has 2 atom stereocenters. The summed E-state index contributed by atoms with van der Waals surface area (Å²) in [6.07, 6.45) is 4.03. The molecule has 110 valence electrons. The van der Waals surface area contributed by atoms with Crippen LogP contribution in [0.15, 0.2) is 17.5 Å². The number of hydrogen-bond donors (Lipinski definition) is 1. The lowest BCUT2D eigenvalue weighted by atomic mass is 9.92. The Morgan fingerprint density at radius 2 is 2.25 bits per heavy atom. The highest BCUT2D eigenvalue weighted by Crippen LogP contribution is 2.23. The number of rotatable bonds is 5. The molecule has 5 heteroatoms. The fourth-order valence-corrected chi connectivity index (χ4v) is 3.45. The number of amides is 2. The minimum absolute atomic E-state index is 0.153. The van der Waals surface area contributed by atoms with E-state index in [1.165, 1.54) is 4.88 Å². The molecule has 2 amide bonds. The summed E-state index contributed by atoms with van der Waals surface area (Å²) in [7, 11) is 0. The Kier molecular flexibility index (Phi) is 5.17. The van der Waals surface area contributed by atoms with Crippen LogP contribution in [0, 0.1) is 5.92 Å². The second kappa shape index (κ2) is 6.88. The zero-order valence-electron chi connectivity index (χ0n) is 11.9. The van der Waals surface area contributed by atoms with Crippen molar-refractivity contribution in [1.29, 1.82) is 0 Å². The molecule has 0 spiro atoms. The molecule has 0 unspecified atom stereocenters. The number of primary amides is 1. The molecule has 0 bridgehead atoms. The second-order valence-electron chi connectivity index (χ2n) is 5.50. The normalized spacial score (nSPS) is 22.8. The third-order valence-corrected chi connectivity index (χ3v) is 4.93. The van der Waals surface area contributed by atoms with Gasteiger partial charge in [-0.2, -0.15) is 0 Å². The van der Waals surface area contributed by atoms with E-state index in [1.807, 2.05) is 17.9 Å². The minimum Gasteiger partial charge on any atom is -0.369 e. The molecule has 0 radical (unpaired) electrons. The Labute approximate surface area is 124 Å². The summed E-state index contributed by atoms with van der Waals surface area (Å²) in [6.45, 7) is 2.54. The van der Waals surface area contributed by atoms with Gasteiger partial charge in [-0.1, -0.05) is 6.07 Å². The van der Waals surface area contributed by atoms with E-state index >= 15 is 0 Å². The summed E-state index contributed by atoms with van der Waals surface area (Å²) in [6, 6.07) is 4.35. The van der Waals surface area contributed by atoms with E-state index < -0.39 is 0 Å². The van der Waals surface area contributed by atoms with Crippen LogP contribution >= 0.6 is 11.3 Å². The van der Waals surface area contributed by atoms with Gasteiger partial charge in [0.05, 0.1) is 5.92 Å². The van der Waals surface area contributed by atoms with Crippen LogP contribution < -0.4 is 5.73 Å². The fraction of sp³-hybridized carbons (Fsp3) is 0.600. The van der Waals surface area contributed by atoms with Gasteiger partial charge < -0.3 is 10.6 Å². The van der Waals surface area contributed by atoms with Gasteiger partial charge >= 0.3 is 0 Å². The standard InChI is InChI=1S/C15H22N2O2S/c1-11-7-8-12(15(16)19)10-17(11)14(18)6-2-4-13-5-3-9-20-13/h3,5,9,11-12H,2,4,6-8,10H2,1H3,(H2,16,19)/t11-,12-/m1/s1. The molecule has 1 aromatic rings. The number of aryl methyl sites for hydroxylation is 1. The van der Waals surface area contributed by atoms with E-state index in [0.717, 1.165) is 25.7 Å². The van der Waals surface area contributed by atoms with Crippen LogP contribution in [0.5, 0.6) is 0 Å². The van der Waals surface area contributed by atoms with Crippen molar-refractivity contribution < 1.29 is 9.59 Å². The molecule has 0 aromatic carbocycles. The Hall–Kier alpha value is -1.36. The Bertz CT molecular complexity index is 458. The number of piperidine rings is 1. The molecule has 20 heavy (non-hydrogen) atoms. The number of likely N-dealkylation sites (tertiary alicyclic amines) is 1. The van der Waals surface area contributed by atoms with Gasteiger partial charge in [-0.15, -0.1) is 11.3 Å². The van der Waals surface area contributed by atoms with Gasteiger partial charge in [-0.3, -0.25) is 9.59 Å². The first-order chi connectivity index (χ1) is 9.58. The van der Waals surface area contributed by atoms with Crippen molar-refractivity contribution >= 4 is 23.2 Å². The van der Waals surface area contributed by atoms with Gasteiger partial charge in [-0.25, -0.2) is 0 Å². The predicted octanol–water partition coefficient (Wildman–Crippen LogP) is 2.18. The van der Waals surface area contributed by atoms with E-state index in [0.29, 0.717) is 13.0 Å². The van der Waals surface area contributed by atoms with Crippen LogP contribution in [-0.2, 0) is 16.0 Å². The van der Waals surface area contributed by atoms with Crippen molar-refractivity contribution in [2.24, 2.45) is 11.7 Å². The van der Waals surface area contributed by atoms with Gasteiger partial charge in [-0.05, 0) is 44.1 Å². The first kappa shape index (κ1) is 15.0. The van der Waals surface area contributed by atoms with Crippen LogP contribution in [0.2, 0.25) is 0 Å². The average molecular weight is 294 g/mol. The van der Waals surface area contributed by atoms with Gasteiger partial charge in [0.15, 0.2) is 0 Å². The van der Waals surface area contributed by atoms with Crippen LogP contribution in [0.1, 0.15) is 37.5 Å². The van der Waals surface area contributed by atoms with Gasteiger partial charge in [0.2, 0.25) is 11.8 Å². The molecule has 0 aliphatic carbocycles. The molecule has 1 saturated heterocycles. The quantitative estimate of drug-likeness (QED) is 0.904. The van der Waals surface area contributed by atoms with E-state index in [1.54, 1.807) is 11.3 Å². The molecule has 0 saturated carbocycles. The number of nitrogens with two attached hydrogens (primary N) is 1. The van der Waals surface area contributed by atoms with Gasteiger partial charge in [0, 0.05) is 23.9 Å². The van der Waals surface area contributed by atoms with Crippen molar-refractivity contribution in [3.05, 3.63) is 22.4 Å². The molecule has 2 heterocycles. The molecule has 1 aliphatic heterocycles. The molecular formula is C15H22N2O2S. The van der Waals surface area contributed by atoms with Crippen molar-refractivity contribution in [2.75, 3.05) is 6.54 Å². The lowest BCUT2D eigenvalue weighted by molar-refractivity contribution is -0.137. The number of nitrogens with zero attached hydrogens (tertiary/aromatic N) is 1. The third-order valence-electron chi connectivity index (χ3n) is 4.00. The van der Waals surface area contributed by atoms with Crippen molar-refractivity contribution in [2.45, 2.75) is 45.1 Å². The Morgan fingerprint density at radius 3 is 2.90 bits per heavy atom.